The maximum absolute atomic E-state index is 13.1. The molecule has 1 N–H and O–H groups in total. The lowest BCUT2D eigenvalue weighted by Crippen LogP contribution is -1.99. The van der Waals surface area contributed by atoms with Gasteiger partial charge in [-0.05, 0) is 29.3 Å². The highest BCUT2D eigenvalue weighted by Crippen LogP contribution is 2.17. The Morgan fingerprint density at radius 3 is 2.62 bits per heavy atom. The quantitative estimate of drug-likeness (QED) is 0.858. The van der Waals surface area contributed by atoms with Crippen LogP contribution in [0.1, 0.15) is 12.5 Å². The van der Waals surface area contributed by atoms with Crippen molar-refractivity contribution in [3.8, 4) is 0 Å². The van der Waals surface area contributed by atoms with E-state index in [0.717, 1.165) is 12.1 Å². The molecule has 0 atom stereocenters. The summed E-state index contributed by atoms with van der Waals surface area (Å²) in [6, 6.07) is 7.75. The molecule has 16 heavy (non-hydrogen) atoms. The van der Waals surface area contributed by atoms with Gasteiger partial charge in [0.05, 0.1) is 6.20 Å². The van der Waals surface area contributed by atoms with Gasteiger partial charge in [-0.15, -0.1) is 5.10 Å². The van der Waals surface area contributed by atoms with Crippen molar-refractivity contribution in [2.75, 3.05) is 5.32 Å². The van der Waals surface area contributed by atoms with E-state index in [4.69, 9.17) is 0 Å². The van der Waals surface area contributed by atoms with E-state index >= 15 is 0 Å². The second kappa shape index (κ2) is 4.65. The molecule has 1 aromatic carbocycles. The summed E-state index contributed by atoms with van der Waals surface area (Å²) in [5.41, 5.74) is 2.25. The van der Waals surface area contributed by atoms with Gasteiger partial charge in [0.1, 0.15) is 5.69 Å². The molecule has 0 saturated carbocycles. The van der Waals surface area contributed by atoms with Crippen molar-refractivity contribution in [1.82, 2.24) is 15.4 Å². The molecule has 0 spiro atoms. The summed E-state index contributed by atoms with van der Waals surface area (Å²) >= 11 is 0. The SMILES string of the molecule is CCc1ccc(Nc2cnnnc2F)cc1. The fourth-order valence-electron chi connectivity index (χ4n) is 1.32. The van der Waals surface area contributed by atoms with Crippen LogP contribution in [0, 0.1) is 5.95 Å². The van der Waals surface area contributed by atoms with Gasteiger partial charge in [0.2, 0.25) is 0 Å². The fraction of sp³-hybridized carbons (Fsp3) is 0.182. The summed E-state index contributed by atoms with van der Waals surface area (Å²) in [4.78, 5) is 0. The number of hydrogen-bond acceptors (Lipinski definition) is 4. The van der Waals surface area contributed by atoms with Crippen molar-refractivity contribution in [3.63, 3.8) is 0 Å². The van der Waals surface area contributed by atoms with E-state index in [9.17, 15) is 4.39 Å². The fourth-order valence-corrected chi connectivity index (χ4v) is 1.32. The maximum Gasteiger partial charge on any atom is 0.260 e. The maximum atomic E-state index is 13.1. The van der Waals surface area contributed by atoms with Crippen LogP contribution in [0.2, 0.25) is 0 Å². The van der Waals surface area contributed by atoms with E-state index in [1.54, 1.807) is 0 Å². The van der Waals surface area contributed by atoms with Crippen molar-refractivity contribution in [2.24, 2.45) is 0 Å². The number of halogens is 1. The third-order valence-electron chi connectivity index (χ3n) is 2.23. The molecule has 0 aliphatic carbocycles. The van der Waals surface area contributed by atoms with Crippen molar-refractivity contribution >= 4 is 11.4 Å². The van der Waals surface area contributed by atoms with Crippen LogP contribution < -0.4 is 5.32 Å². The van der Waals surface area contributed by atoms with E-state index < -0.39 is 5.95 Å². The molecular formula is C11H11FN4. The van der Waals surface area contributed by atoms with E-state index in [1.807, 2.05) is 24.3 Å². The summed E-state index contributed by atoms with van der Waals surface area (Å²) in [5.74, 6) is -0.658. The summed E-state index contributed by atoms with van der Waals surface area (Å²) in [6.45, 7) is 2.08. The second-order valence-electron chi connectivity index (χ2n) is 3.31. The number of hydrogen-bond donors (Lipinski definition) is 1. The molecule has 4 nitrogen and oxygen atoms in total. The highest BCUT2D eigenvalue weighted by atomic mass is 19.1. The highest BCUT2D eigenvalue weighted by molar-refractivity contribution is 5.58. The molecule has 0 aliphatic heterocycles. The Morgan fingerprint density at radius 2 is 2.00 bits per heavy atom. The Labute approximate surface area is 92.5 Å². The zero-order chi connectivity index (χ0) is 11.4. The van der Waals surface area contributed by atoms with Crippen LogP contribution in [-0.2, 0) is 6.42 Å². The first-order valence-corrected chi connectivity index (χ1v) is 4.99. The Kier molecular flexibility index (Phi) is 3.05. The van der Waals surface area contributed by atoms with Crippen LogP contribution in [0.4, 0.5) is 15.8 Å². The van der Waals surface area contributed by atoms with E-state index in [-0.39, 0.29) is 5.69 Å². The topological polar surface area (TPSA) is 50.7 Å². The number of benzene rings is 1. The normalized spacial score (nSPS) is 10.1. The van der Waals surface area contributed by atoms with Crippen molar-refractivity contribution in [3.05, 3.63) is 42.0 Å². The lowest BCUT2D eigenvalue weighted by atomic mass is 10.1. The molecule has 1 heterocycles. The zero-order valence-electron chi connectivity index (χ0n) is 8.81. The van der Waals surface area contributed by atoms with Crippen molar-refractivity contribution < 1.29 is 4.39 Å². The summed E-state index contributed by atoms with van der Waals surface area (Å²) < 4.78 is 13.1. The van der Waals surface area contributed by atoms with Crippen LogP contribution in [0.25, 0.3) is 0 Å². The average Bonchev–Trinajstić information content (AvgIpc) is 2.33. The second-order valence-corrected chi connectivity index (χ2v) is 3.31. The number of aryl methyl sites for hydroxylation is 1. The molecule has 2 rings (SSSR count). The lowest BCUT2D eigenvalue weighted by molar-refractivity contribution is 0.553. The van der Waals surface area contributed by atoms with Gasteiger partial charge in [-0.2, -0.15) is 4.39 Å². The predicted octanol–water partition coefficient (Wildman–Crippen LogP) is 2.32. The number of aromatic nitrogens is 3. The van der Waals surface area contributed by atoms with E-state index in [1.165, 1.54) is 11.8 Å². The average molecular weight is 218 g/mol. The van der Waals surface area contributed by atoms with Gasteiger partial charge < -0.3 is 5.32 Å². The summed E-state index contributed by atoms with van der Waals surface area (Å²) in [7, 11) is 0. The van der Waals surface area contributed by atoms with Gasteiger partial charge in [-0.3, -0.25) is 0 Å². The van der Waals surface area contributed by atoms with Gasteiger partial charge in [0.15, 0.2) is 0 Å². The minimum absolute atomic E-state index is 0.222. The standard InChI is InChI=1S/C11H11FN4/c1-2-8-3-5-9(6-4-8)14-10-7-13-16-15-11(10)12/h3-7H,2H2,1H3,(H,14,16). The first-order valence-electron chi connectivity index (χ1n) is 4.99. The molecule has 0 radical (unpaired) electrons. The lowest BCUT2D eigenvalue weighted by Gasteiger charge is -2.06. The van der Waals surface area contributed by atoms with Crippen molar-refractivity contribution in [1.29, 1.82) is 0 Å². The van der Waals surface area contributed by atoms with Crippen LogP contribution in [-0.4, -0.2) is 15.4 Å². The first kappa shape index (κ1) is 10.5. The molecule has 5 heteroatoms. The van der Waals surface area contributed by atoms with E-state index in [0.29, 0.717) is 0 Å². The van der Waals surface area contributed by atoms with Gasteiger partial charge in [-0.1, -0.05) is 24.2 Å². The number of nitrogens with zero attached hydrogens (tertiary/aromatic N) is 3. The Bertz CT molecular complexity index is 470. The minimum atomic E-state index is -0.658. The smallest absolute Gasteiger partial charge is 0.260 e. The Balaban J connectivity index is 2.18. The number of anilines is 2. The van der Waals surface area contributed by atoms with Gasteiger partial charge in [0, 0.05) is 5.69 Å². The molecule has 0 fully saturated rings. The number of rotatable bonds is 3. The van der Waals surface area contributed by atoms with Gasteiger partial charge in [-0.25, -0.2) is 0 Å². The third kappa shape index (κ3) is 2.31. The monoisotopic (exact) mass is 218 g/mol. The van der Waals surface area contributed by atoms with E-state index in [2.05, 4.69) is 27.7 Å². The molecule has 2 aromatic rings. The van der Waals surface area contributed by atoms with Gasteiger partial charge in [0.25, 0.3) is 5.95 Å². The molecule has 0 bridgehead atoms. The molecular weight excluding hydrogens is 207 g/mol. The summed E-state index contributed by atoms with van der Waals surface area (Å²) in [6.07, 6.45) is 2.28. The van der Waals surface area contributed by atoms with Crippen molar-refractivity contribution in [2.45, 2.75) is 13.3 Å². The zero-order valence-corrected chi connectivity index (χ0v) is 8.81. The predicted molar refractivity (Wildman–Crippen MR) is 58.9 cm³/mol. The largest absolute Gasteiger partial charge is 0.350 e. The minimum Gasteiger partial charge on any atom is -0.350 e. The molecule has 0 aliphatic rings. The first-order chi connectivity index (χ1) is 7.79. The van der Waals surface area contributed by atoms with Crippen LogP contribution in [0.15, 0.2) is 30.5 Å². The Morgan fingerprint density at radius 1 is 1.25 bits per heavy atom. The molecule has 0 unspecified atom stereocenters. The van der Waals surface area contributed by atoms with Crippen LogP contribution in [0.5, 0.6) is 0 Å². The van der Waals surface area contributed by atoms with Crippen LogP contribution in [0.3, 0.4) is 0 Å². The molecule has 0 saturated heterocycles. The third-order valence-corrected chi connectivity index (χ3v) is 2.23. The van der Waals surface area contributed by atoms with Crippen LogP contribution >= 0.6 is 0 Å². The molecule has 0 amide bonds. The molecule has 1 aromatic heterocycles. The number of nitrogens with one attached hydrogen (secondary N) is 1. The Hall–Kier alpha value is -2.04. The molecule has 82 valence electrons. The summed E-state index contributed by atoms with van der Waals surface area (Å²) in [5, 5.41) is 12.8. The van der Waals surface area contributed by atoms with Gasteiger partial charge >= 0.3 is 0 Å². The highest BCUT2D eigenvalue weighted by Gasteiger charge is 2.03.